The van der Waals surface area contributed by atoms with E-state index in [1.165, 1.54) is 11.1 Å². The first-order valence-corrected chi connectivity index (χ1v) is 5.34. The highest BCUT2D eigenvalue weighted by atomic mass is 16.5. The number of hydrogen-bond donors (Lipinski definition) is 1. The summed E-state index contributed by atoms with van der Waals surface area (Å²) in [5, 5.41) is 3.54. The maximum atomic E-state index is 5.69. The lowest BCUT2D eigenvalue weighted by Crippen LogP contribution is -2.39. The summed E-state index contributed by atoms with van der Waals surface area (Å²) >= 11 is 0. The van der Waals surface area contributed by atoms with Crippen LogP contribution in [0.25, 0.3) is 0 Å². The van der Waals surface area contributed by atoms with Crippen molar-refractivity contribution in [3.8, 4) is 5.75 Å². The Hall–Kier alpha value is -1.02. The second kappa shape index (κ2) is 2.99. The van der Waals surface area contributed by atoms with E-state index in [-0.39, 0.29) is 0 Å². The summed E-state index contributed by atoms with van der Waals surface area (Å²) in [6, 6.07) is 6.99. The molecular weight excluding hydrogens is 174 g/mol. The summed E-state index contributed by atoms with van der Waals surface area (Å²) < 4.78 is 5.69. The normalized spacial score (nSPS) is 29.2. The molecule has 2 nitrogen and oxygen atoms in total. The first-order valence-electron chi connectivity index (χ1n) is 5.34. The molecule has 0 spiro atoms. The zero-order valence-corrected chi connectivity index (χ0v) is 8.42. The third-order valence-electron chi connectivity index (χ3n) is 3.43. The number of benzene rings is 1. The molecule has 74 valence electrons. The SMILES string of the molecule is CC1NCc2cccc3c2C1CCO3. The van der Waals surface area contributed by atoms with Gasteiger partial charge in [0.15, 0.2) is 0 Å². The Kier molecular flexibility index (Phi) is 1.77. The summed E-state index contributed by atoms with van der Waals surface area (Å²) in [6.07, 6.45) is 1.15. The van der Waals surface area contributed by atoms with Crippen LogP contribution in [0.4, 0.5) is 0 Å². The lowest BCUT2D eigenvalue weighted by Gasteiger charge is -2.36. The summed E-state index contributed by atoms with van der Waals surface area (Å²) in [5.74, 6) is 1.77. The van der Waals surface area contributed by atoms with E-state index in [9.17, 15) is 0 Å². The Balaban J connectivity index is 2.17. The molecular formula is C12H15NO. The predicted molar refractivity (Wildman–Crippen MR) is 55.6 cm³/mol. The summed E-state index contributed by atoms with van der Waals surface area (Å²) in [5.41, 5.74) is 2.88. The molecule has 3 rings (SSSR count). The summed E-state index contributed by atoms with van der Waals surface area (Å²) in [4.78, 5) is 0. The molecule has 1 N–H and O–H groups in total. The summed E-state index contributed by atoms with van der Waals surface area (Å²) in [6.45, 7) is 4.13. The van der Waals surface area contributed by atoms with Gasteiger partial charge in [-0.1, -0.05) is 12.1 Å². The molecule has 1 aromatic carbocycles. The molecule has 0 aromatic heterocycles. The quantitative estimate of drug-likeness (QED) is 0.674. The molecule has 2 aliphatic heterocycles. The Morgan fingerprint density at radius 3 is 3.29 bits per heavy atom. The van der Waals surface area contributed by atoms with Crippen LogP contribution in [0.2, 0.25) is 0 Å². The molecule has 0 aliphatic carbocycles. The lowest BCUT2D eigenvalue weighted by molar-refractivity contribution is 0.239. The van der Waals surface area contributed by atoms with Crippen LogP contribution >= 0.6 is 0 Å². The fraction of sp³-hybridized carbons (Fsp3) is 0.500. The van der Waals surface area contributed by atoms with Crippen molar-refractivity contribution < 1.29 is 4.74 Å². The zero-order chi connectivity index (χ0) is 9.54. The third kappa shape index (κ3) is 1.07. The highest BCUT2D eigenvalue weighted by Gasteiger charge is 2.31. The van der Waals surface area contributed by atoms with Crippen molar-refractivity contribution in [1.82, 2.24) is 5.32 Å². The van der Waals surface area contributed by atoms with Gasteiger partial charge in [0, 0.05) is 24.1 Å². The van der Waals surface area contributed by atoms with Gasteiger partial charge in [0.1, 0.15) is 5.75 Å². The minimum atomic E-state index is 0.590. The molecule has 2 heteroatoms. The fourth-order valence-corrected chi connectivity index (χ4v) is 2.64. The predicted octanol–water partition coefficient (Wildman–Crippen LogP) is 2.04. The van der Waals surface area contributed by atoms with E-state index in [0.717, 1.165) is 25.3 Å². The van der Waals surface area contributed by atoms with Gasteiger partial charge in [-0.05, 0) is 25.0 Å². The molecule has 0 saturated heterocycles. The zero-order valence-electron chi connectivity index (χ0n) is 8.42. The fourth-order valence-electron chi connectivity index (χ4n) is 2.64. The van der Waals surface area contributed by atoms with Gasteiger partial charge in [-0.15, -0.1) is 0 Å². The molecule has 14 heavy (non-hydrogen) atoms. The smallest absolute Gasteiger partial charge is 0.123 e. The highest BCUT2D eigenvalue weighted by molar-refractivity contribution is 5.46. The van der Waals surface area contributed by atoms with Gasteiger partial charge in [0.25, 0.3) is 0 Å². The standard InChI is InChI=1S/C12H15NO/c1-8-10-5-6-14-11-4-2-3-9(7-13-8)12(10)11/h2-4,8,10,13H,5-7H2,1H3. The molecule has 2 aliphatic rings. The summed E-state index contributed by atoms with van der Waals surface area (Å²) in [7, 11) is 0. The monoisotopic (exact) mass is 189 g/mol. The maximum Gasteiger partial charge on any atom is 0.123 e. The topological polar surface area (TPSA) is 21.3 Å². The van der Waals surface area contributed by atoms with Crippen LogP contribution in [0.3, 0.4) is 0 Å². The Morgan fingerprint density at radius 2 is 2.36 bits per heavy atom. The van der Waals surface area contributed by atoms with Gasteiger partial charge in [-0.2, -0.15) is 0 Å². The van der Waals surface area contributed by atoms with E-state index in [4.69, 9.17) is 4.74 Å². The number of ether oxygens (including phenoxy) is 1. The molecule has 0 saturated carbocycles. The van der Waals surface area contributed by atoms with E-state index in [2.05, 4.69) is 30.4 Å². The minimum Gasteiger partial charge on any atom is -0.493 e. The Morgan fingerprint density at radius 1 is 1.43 bits per heavy atom. The van der Waals surface area contributed by atoms with E-state index < -0.39 is 0 Å². The van der Waals surface area contributed by atoms with Crippen LogP contribution in [0.1, 0.15) is 30.4 Å². The van der Waals surface area contributed by atoms with E-state index in [1.54, 1.807) is 0 Å². The van der Waals surface area contributed by atoms with Crippen molar-refractivity contribution in [2.75, 3.05) is 6.61 Å². The van der Waals surface area contributed by atoms with Crippen LogP contribution in [-0.4, -0.2) is 12.6 Å². The average molecular weight is 189 g/mol. The van der Waals surface area contributed by atoms with Crippen molar-refractivity contribution in [2.45, 2.75) is 31.8 Å². The van der Waals surface area contributed by atoms with Crippen molar-refractivity contribution in [3.63, 3.8) is 0 Å². The molecule has 0 bridgehead atoms. The van der Waals surface area contributed by atoms with Crippen LogP contribution in [0.15, 0.2) is 18.2 Å². The van der Waals surface area contributed by atoms with Gasteiger partial charge in [0.05, 0.1) is 6.61 Å². The van der Waals surface area contributed by atoms with Crippen LogP contribution in [0, 0.1) is 0 Å². The first-order chi connectivity index (χ1) is 6.86. The van der Waals surface area contributed by atoms with Gasteiger partial charge in [-0.25, -0.2) is 0 Å². The van der Waals surface area contributed by atoms with Crippen LogP contribution in [0.5, 0.6) is 5.75 Å². The van der Waals surface area contributed by atoms with Gasteiger partial charge >= 0.3 is 0 Å². The van der Waals surface area contributed by atoms with Crippen molar-refractivity contribution >= 4 is 0 Å². The van der Waals surface area contributed by atoms with Gasteiger partial charge in [-0.3, -0.25) is 0 Å². The van der Waals surface area contributed by atoms with E-state index >= 15 is 0 Å². The second-order valence-corrected chi connectivity index (χ2v) is 4.24. The van der Waals surface area contributed by atoms with Gasteiger partial charge < -0.3 is 10.1 Å². The van der Waals surface area contributed by atoms with E-state index in [0.29, 0.717) is 12.0 Å². The minimum absolute atomic E-state index is 0.590. The Bertz CT molecular complexity index is 347. The van der Waals surface area contributed by atoms with Crippen LogP contribution in [-0.2, 0) is 6.54 Å². The second-order valence-electron chi connectivity index (χ2n) is 4.24. The maximum absolute atomic E-state index is 5.69. The van der Waals surface area contributed by atoms with Crippen molar-refractivity contribution in [2.24, 2.45) is 0 Å². The average Bonchev–Trinajstić information content (AvgIpc) is 2.24. The van der Waals surface area contributed by atoms with Gasteiger partial charge in [0.2, 0.25) is 0 Å². The molecule has 1 aromatic rings. The molecule has 2 heterocycles. The molecule has 0 radical (unpaired) electrons. The molecule has 2 atom stereocenters. The van der Waals surface area contributed by atoms with Crippen molar-refractivity contribution in [3.05, 3.63) is 29.3 Å². The Labute approximate surface area is 84.3 Å². The number of nitrogens with one attached hydrogen (secondary N) is 1. The van der Waals surface area contributed by atoms with Crippen molar-refractivity contribution in [1.29, 1.82) is 0 Å². The lowest BCUT2D eigenvalue weighted by atomic mass is 9.81. The third-order valence-corrected chi connectivity index (χ3v) is 3.43. The number of hydrogen-bond acceptors (Lipinski definition) is 2. The largest absolute Gasteiger partial charge is 0.493 e. The number of rotatable bonds is 0. The van der Waals surface area contributed by atoms with E-state index in [1.807, 2.05) is 0 Å². The van der Waals surface area contributed by atoms with Crippen LogP contribution < -0.4 is 10.1 Å². The molecule has 0 fully saturated rings. The highest BCUT2D eigenvalue weighted by Crippen LogP contribution is 2.40. The first kappa shape index (κ1) is 8.30. The molecule has 2 unspecified atom stereocenters. The molecule has 0 amide bonds.